The Kier molecular flexibility index (Phi) is 5.65. The van der Waals surface area contributed by atoms with Crippen molar-refractivity contribution in [2.75, 3.05) is 19.4 Å². The number of nitrogens with zero attached hydrogens (tertiary/aromatic N) is 1. The molecule has 0 spiro atoms. The van der Waals surface area contributed by atoms with E-state index in [1.54, 1.807) is 19.0 Å². The van der Waals surface area contributed by atoms with Crippen LogP contribution < -0.4 is 10.6 Å². The second-order valence-corrected chi connectivity index (χ2v) is 10.00. The molecular formula is C23H31N3O2S. The number of benzene rings is 1. The topological polar surface area (TPSA) is 61.4 Å². The van der Waals surface area contributed by atoms with Crippen LogP contribution >= 0.6 is 12.2 Å². The molecule has 6 heteroatoms. The molecule has 5 rings (SSSR count). The second-order valence-electron chi connectivity index (χ2n) is 9.59. The molecule has 5 nitrogen and oxygen atoms in total. The van der Waals surface area contributed by atoms with Gasteiger partial charge in [0.2, 0.25) is 11.8 Å². The smallest absolute Gasteiger partial charge is 0.232 e. The molecule has 4 bridgehead atoms. The molecule has 1 aromatic carbocycles. The molecule has 1 aromatic rings. The first-order valence-electron chi connectivity index (χ1n) is 10.7. The number of nitrogens with one attached hydrogen (secondary N) is 2. The molecule has 29 heavy (non-hydrogen) atoms. The minimum atomic E-state index is -0.191. The van der Waals surface area contributed by atoms with Crippen molar-refractivity contribution in [3.63, 3.8) is 0 Å². The van der Waals surface area contributed by atoms with E-state index in [9.17, 15) is 9.59 Å². The van der Waals surface area contributed by atoms with Crippen LogP contribution in [0.4, 0.5) is 5.69 Å². The third-order valence-corrected chi connectivity index (χ3v) is 7.29. The molecule has 0 atom stereocenters. The lowest BCUT2D eigenvalue weighted by Gasteiger charge is -2.55. The van der Waals surface area contributed by atoms with Gasteiger partial charge >= 0.3 is 0 Å². The van der Waals surface area contributed by atoms with Crippen molar-refractivity contribution in [1.29, 1.82) is 0 Å². The van der Waals surface area contributed by atoms with Gasteiger partial charge in [0.05, 0.1) is 5.41 Å². The fourth-order valence-corrected chi connectivity index (χ4v) is 6.23. The Morgan fingerprint density at radius 3 is 2.10 bits per heavy atom. The van der Waals surface area contributed by atoms with Crippen molar-refractivity contribution in [3.8, 4) is 0 Å². The third kappa shape index (κ3) is 4.47. The average molecular weight is 414 g/mol. The molecule has 2 N–H and O–H groups in total. The largest absolute Gasteiger partial charge is 0.349 e. The summed E-state index contributed by atoms with van der Waals surface area (Å²) in [6, 6.07) is 7.88. The van der Waals surface area contributed by atoms with Crippen LogP contribution in [-0.4, -0.2) is 35.9 Å². The van der Waals surface area contributed by atoms with Crippen LogP contribution in [-0.2, 0) is 16.0 Å². The number of anilines is 1. The van der Waals surface area contributed by atoms with E-state index in [2.05, 4.69) is 10.6 Å². The SMILES string of the molecule is CN(C)C(=O)CCc1ccc(NC(=S)NC(=O)C23CC4CC(CC(C4)C2)C3)cc1. The van der Waals surface area contributed by atoms with E-state index >= 15 is 0 Å². The molecular weight excluding hydrogens is 382 g/mol. The zero-order chi connectivity index (χ0) is 20.6. The fourth-order valence-electron chi connectivity index (χ4n) is 6.02. The molecule has 0 unspecified atom stereocenters. The zero-order valence-corrected chi connectivity index (χ0v) is 18.2. The molecule has 2 amide bonds. The fraction of sp³-hybridized carbons (Fsp3) is 0.609. The number of aryl methyl sites for hydroxylation is 1. The van der Waals surface area contributed by atoms with Gasteiger partial charge in [-0.2, -0.15) is 0 Å². The number of hydrogen-bond donors (Lipinski definition) is 2. The van der Waals surface area contributed by atoms with Crippen LogP contribution in [0.25, 0.3) is 0 Å². The van der Waals surface area contributed by atoms with Crippen molar-refractivity contribution in [1.82, 2.24) is 10.2 Å². The third-order valence-electron chi connectivity index (χ3n) is 7.09. The van der Waals surface area contributed by atoms with Gasteiger partial charge in [-0.3, -0.25) is 9.59 Å². The van der Waals surface area contributed by atoms with Gasteiger partial charge in [0.1, 0.15) is 0 Å². The molecule has 4 aliphatic rings. The maximum absolute atomic E-state index is 13.1. The Labute approximate surface area is 178 Å². The summed E-state index contributed by atoms with van der Waals surface area (Å²) in [5, 5.41) is 6.50. The quantitative estimate of drug-likeness (QED) is 0.722. The van der Waals surface area contributed by atoms with Gasteiger partial charge in [-0.1, -0.05) is 12.1 Å². The Morgan fingerprint density at radius 2 is 1.59 bits per heavy atom. The van der Waals surface area contributed by atoms with Crippen molar-refractivity contribution < 1.29 is 9.59 Å². The van der Waals surface area contributed by atoms with Gasteiger partial charge in [-0.25, -0.2) is 0 Å². The Bertz CT molecular complexity index is 768. The maximum Gasteiger partial charge on any atom is 0.232 e. The summed E-state index contributed by atoms with van der Waals surface area (Å²) in [6.45, 7) is 0. The van der Waals surface area contributed by atoms with E-state index < -0.39 is 0 Å². The highest BCUT2D eigenvalue weighted by atomic mass is 32.1. The number of carbonyl (C=O) groups is 2. The van der Waals surface area contributed by atoms with Crippen LogP contribution in [0.1, 0.15) is 50.5 Å². The highest BCUT2D eigenvalue weighted by Crippen LogP contribution is 2.60. The van der Waals surface area contributed by atoms with E-state index in [1.165, 1.54) is 19.3 Å². The minimum absolute atomic E-state index is 0.118. The monoisotopic (exact) mass is 413 g/mol. The summed E-state index contributed by atoms with van der Waals surface area (Å²) in [5.41, 5.74) is 1.77. The Balaban J connectivity index is 1.29. The lowest BCUT2D eigenvalue weighted by Crippen LogP contribution is -2.55. The minimum Gasteiger partial charge on any atom is -0.349 e. The average Bonchev–Trinajstić information content (AvgIpc) is 2.66. The van der Waals surface area contributed by atoms with Crippen LogP contribution in [0.3, 0.4) is 0 Å². The number of carbonyl (C=O) groups excluding carboxylic acids is 2. The first-order valence-corrected chi connectivity index (χ1v) is 11.2. The van der Waals surface area contributed by atoms with Gasteiger partial charge in [-0.05, 0) is 92.6 Å². The summed E-state index contributed by atoms with van der Waals surface area (Å²) < 4.78 is 0. The van der Waals surface area contributed by atoms with Gasteiger partial charge in [0.15, 0.2) is 5.11 Å². The summed E-state index contributed by atoms with van der Waals surface area (Å²) in [4.78, 5) is 26.4. The van der Waals surface area contributed by atoms with E-state index in [-0.39, 0.29) is 17.2 Å². The van der Waals surface area contributed by atoms with Crippen LogP contribution in [0.15, 0.2) is 24.3 Å². The Hall–Kier alpha value is -1.95. The number of hydrogen-bond acceptors (Lipinski definition) is 3. The predicted molar refractivity (Wildman–Crippen MR) is 118 cm³/mol. The highest BCUT2D eigenvalue weighted by Gasteiger charge is 2.54. The van der Waals surface area contributed by atoms with Crippen LogP contribution in [0.2, 0.25) is 0 Å². The lowest BCUT2D eigenvalue weighted by molar-refractivity contribution is -0.144. The first-order chi connectivity index (χ1) is 13.8. The zero-order valence-electron chi connectivity index (χ0n) is 17.4. The summed E-state index contributed by atoms with van der Waals surface area (Å²) in [5.74, 6) is 2.45. The first kappa shape index (κ1) is 20.3. The van der Waals surface area contributed by atoms with Gasteiger partial charge in [0.25, 0.3) is 0 Å². The highest BCUT2D eigenvalue weighted by molar-refractivity contribution is 7.80. The number of amides is 2. The molecule has 156 valence electrons. The molecule has 4 aliphatic carbocycles. The molecule has 0 aliphatic heterocycles. The summed E-state index contributed by atoms with van der Waals surface area (Å²) >= 11 is 5.42. The number of thiocarbonyl (C=S) groups is 1. The second kappa shape index (κ2) is 8.05. The van der Waals surface area contributed by atoms with Crippen molar-refractivity contribution in [2.24, 2.45) is 23.2 Å². The molecule has 0 heterocycles. The molecule has 0 aromatic heterocycles. The van der Waals surface area contributed by atoms with Gasteiger partial charge < -0.3 is 15.5 Å². The maximum atomic E-state index is 13.1. The lowest BCUT2D eigenvalue weighted by atomic mass is 9.49. The van der Waals surface area contributed by atoms with Gasteiger partial charge in [0, 0.05) is 26.2 Å². The summed E-state index contributed by atoms with van der Waals surface area (Å²) in [6.07, 6.45) is 8.28. The van der Waals surface area contributed by atoms with Crippen molar-refractivity contribution in [3.05, 3.63) is 29.8 Å². The molecule has 4 fully saturated rings. The van der Waals surface area contributed by atoms with Crippen molar-refractivity contribution in [2.45, 2.75) is 51.4 Å². The van der Waals surface area contributed by atoms with Crippen molar-refractivity contribution >= 4 is 34.8 Å². The number of rotatable bonds is 5. The Morgan fingerprint density at radius 1 is 1.03 bits per heavy atom. The van der Waals surface area contributed by atoms with E-state index in [0.717, 1.165) is 48.3 Å². The standard InChI is InChI=1S/C23H31N3O2S/c1-26(2)20(27)8-5-15-3-6-19(7-4-15)24-22(29)25-21(28)23-12-16-9-17(13-23)11-18(10-16)14-23/h3-4,6-7,16-18H,5,8-14H2,1-2H3,(H2,24,25,28,29). The van der Waals surface area contributed by atoms with E-state index in [1.807, 2.05) is 24.3 Å². The normalized spacial score (nSPS) is 29.4. The molecule has 0 saturated heterocycles. The van der Waals surface area contributed by atoms with Crippen LogP contribution in [0.5, 0.6) is 0 Å². The summed E-state index contributed by atoms with van der Waals surface area (Å²) in [7, 11) is 3.54. The molecule has 0 radical (unpaired) electrons. The molecule has 4 saturated carbocycles. The van der Waals surface area contributed by atoms with E-state index in [4.69, 9.17) is 12.2 Å². The van der Waals surface area contributed by atoms with E-state index in [0.29, 0.717) is 18.0 Å². The van der Waals surface area contributed by atoms with Gasteiger partial charge in [-0.15, -0.1) is 0 Å². The van der Waals surface area contributed by atoms with Crippen LogP contribution in [0, 0.1) is 23.2 Å². The predicted octanol–water partition coefficient (Wildman–Crippen LogP) is 3.74.